The lowest BCUT2D eigenvalue weighted by Crippen LogP contribution is -2.12. The van der Waals surface area contributed by atoms with Gasteiger partial charge < -0.3 is 5.32 Å². The van der Waals surface area contributed by atoms with E-state index in [9.17, 15) is 0 Å². The van der Waals surface area contributed by atoms with Crippen molar-refractivity contribution in [3.63, 3.8) is 0 Å². The third-order valence-corrected chi connectivity index (χ3v) is 4.06. The molecule has 3 rings (SSSR count). The first-order valence-electron chi connectivity index (χ1n) is 6.13. The molecule has 0 saturated carbocycles. The number of hydrogen-bond donors (Lipinski definition) is 1. The Morgan fingerprint density at radius 2 is 1.61 bits per heavy atom. The zero-order valence-electron chi connectivity index (χ0n) is 10.1. The molecular weight excluding hydrogens is 238 g/mol. The first kappa shape index (κ1) is 11.5. The molecular formula is C16H15NS. The van der Waals surface area contributed by atoms with Crippen LogP contribution in [0, 0.1) is 0 Å². The Balaban J connectivity index is 1.67. The number of benzene rings is 2. The summed E-state index contributed by atoms with van der Waals surface area (Å²) in [5.41, 5.74) is 2.73. The zero-order valence-corrected chi connectivity index (χ0v) is 10.9. The fraction of sp³-hybridized carbons (Fsp3) is 0.125. The summed E-state index contributed by atoms with van der Waals surface area (Å²) in [5, 5.41) is 7.13. The van der Waals surface area contributed by atoms with E-state index in [1.54, 1.807) is 0 Å². The SMILES string of the molecule is c1ccc(CNCc2csc3ccccc23)cc1. The Morgan fingerprint density at radius 1 is 0.833 bits per heavy atom. The van der Waals surface area contributed by atoms with E-state index >= 15 is 0 Å². The van der Waals surface area contributed by atoms with E-state index in [1.165, 1.54) is 21.2 Å². The molecule has 1 nitrogen and oxygen atoms in total. The van der Waals surface area contributed by atoms with Crippen LogP contribution in [0.1, 0.15) is 11.1 Å². The largest absolute Gasteiger partial charge is 0.309 e. The molecule has 2 heteroatoms. The molecule has 1 N–H and O–H groups in total. The molecule has 0 spiro atoms. The molecule has 0 bridgehead atoms. The van der Waals surface area contributed by atoms with E-state index in [0.717, 1.165) is 13.1 Å². The molecule has 0 atom stereocenters. The van der Waals surface area contributed by atoms with Crippen LogP contribution >= 0.6 is 11.3 Å². The topological polar surface area (TPSA) is 12.0 Å². The lowest BCUT2D eigenvalue weighted by Gasteiger charge is -2.04. The van der Waals surface area contributed by atoms with Crippen molar-refractivity contribution in [3.8, 4) is 0 Å². The van der Waals surface area contributed by atoms with Gasteiger partial charge in [0.15, 0.2) is 0 Å². The predicted octanol–water partition coefficient (Wildman–Crippen LogP) is 4.19. The number of nitrogens with one attached hydrogen (secondary N) is 1. The van der Waals surface area contributed by atoms with Gasteiger partial charge in [-0.3, -0.25) is 0 Å². The Hall–Kier alpha value is -1.64. The van der Waals surface area contributed by atoms with E-state index in [1.807, 2.05) is 11.3 Å². The zero-order chi connectivity index (χ0) is 12.2. The van der Waals surface area contributed by atoms with Crippen molar-refractivity contribution in [3.05, 3.63) is 71.1 Å². The molecule has 0 unspecified atom stereocenters. The van der Waals surface area contributed by atoms with Crippen LogP contribution in [0.5, 0.6) is 0 Å². The van der Waals surface area contributed by atoms with Gasteiger partial charge in [0, 0.05) is 17.8 Å². The first-order valence-corrected chi connectivity index (χ1v) is 7.01. The van der Waals surface area contributed by atoms with Crippen molar-refractivity contribution in [2.75, 3.05) is 0 Å². The molecule has 0 saturated heterocycles. The van der Waals surface area contributed by atoms with Gasteiger partial charge in [-0.1, -0.05) is 48.5 Å². The summed E-state index contributed by atoms with van der Waals surface area (Å²) in [6, 6.07) is 19.1. The predicted molar refractivity (Wildman–Crippen MR) is 78.8 cm³/mol. The third kappa shape index (κ3) is 2.45. The summed E-state index contributed by atoms with van der Waals surface area (Å²) in [4.78, 5) is 0. The smallest absolute Gasteiger partial charge is 0.0346 e. The Morgan fingerprint density at radius 3 is 2.50 bits per heavy atom. The van der Waals surface area contributed by atoms with Gasteiger partial charge in [0.1, 0.15) is 0 Å². The highest BCUT2D eigenvalue weighted by atomic mass is 32.1. The second-order valence-electron chi connectivity index (χ2n) is 4.35. The molecule has 2 aromatic carbocycles. The number of thiophene rings is 1. The molecule has 0 fully saturated rings. The average molecular weight is 253 g/mol. The highest BCUT2D eigenvalue weighted by Crippen LogP contribution is 2.25. The Kier molecular flexibility index (Phi) is 3.40. The van der Waals surface area contributed by atoms with Gasteiger partial charge >= 0.3 is 0 Å². The number of fused-ring (bicyclic) bond motifs is 1. The molecule has 0 radical (unpaired) electrons. The van der Waals surface area contributed by atoms with Gasteiger partial charge in [-0.05, 0) is 28.0 Å². The summed E-state index contributed by atoms with van der Waals surface area (Å²) in [6.45, 7) is 1.85. The summed E-state index contributed by atoms with van der Waals surface area (Å²) >= 11 is 1.82. The molecule has 0 aliphatic carbocycles. The molecule has 90 valence electrons. The van der Waals surface area contributed by atoms with E-state index in [2.05, 4.69) is 65.3 Å². The molecule has 1 aromatic heterocycles. The Bertz CT molecular complexity index is 628. The fourth-order valence-corrected chi connectivity index (χ4v) is 3.07. The summed E-state index contributed by atoms with van der Waals surface area (Å²) < 4.78 is 1.37. The third-order valence-electron chi connectivity index (χ3n) is 3.05. The molecule has 18 heavy (non-hydrogen) atoms. The van der Waals surface area contributed by atoms with Crippen molar-refractivity contribution < 1.29 is 0 Å². The number of rotatable bonds is 4. The second-order valence-corrected chi connectivity index (χ2v) is 5.26. The highest BCUT2D eigenvalue weighted by Gasteiger charge is 2.02. The van der Waals surface area contributed by atoms with E-state index < -0.39 is 0 Å². The molecule has 1 heterocycles. The van der Waals surface area contributed by atoms with Crippen LogP contribution in [-0.4, -0.2) is 0 Å². The monoisotopic (exact) mass is 253 g/mol. The van der Waals surface area contributed by atoms with Crippen molar-refractivity contribution >= 4 is 21.4 Å². The van der Waals surface area contributed by atoms with E-state index in [-0.39, 0.29) is 0 Å². The number of hydrogen-bond acceptors (Lipinski definition) is 2. The molecule has 0 aliphatic heterocycles. The van der Waals surface area contributed by atoms with Crippen molar-refractivity contribution in [1.29, 1.82) is 0 Å². The van der Waals surface area contributed by atoms with Crippen molar-refractivity contribution in [1.82, 2.24) is 5.32 Å². The molecule has 0 amide bonds. The normalized spacial score (nSPS) is 10.9. The van der Waals surface area contributed by atoms with Gasteiger partial charge in [0.25, 0.3) is 0 Å². The maximum atomic E-state index is 3.50. The molecule has 0 aliphatic rings. The minimum Gasteiger partial charge on any atom is -0.309 e. The van der Waals surface area contributed by atoms with E-state index in [4.69, 9.17) is 0 Å². The van der Waals surface area contributed by atoms with Crippen LogP contribution < -0.4 is 5.32 Å². The maximum absolute atomic E-state index is 3.50. The van der Waals surface area contributed by atoms with Crippen LogP contribution in [-0.2, 0) is 13.1 Å². The average Bonchev–Trinajstić information content (AvgIpc) is 2.84. The minimum atomic E-state index is 0.922. The maximum Gasteiger partial charge on any atom is 0.0346 e. The van der Waals surface area contributed by atoms with Crippen LogP contribution in [0.4, 0.5) is 0 Å². The van der Waals surface area contributed by atoms with Gasteiger partial charge in [-0.2, -0.15) is 0 Å². The molecule has 3 aromatic rings. The standard InChI is InChI=1S/C16H15NS/c1-2-6-13(7-3-1)10-17-11-14-12-18-16-9-5-4-8-15(14)16/h1-9,12,17H,10-11H2. The van der Waals surface area contributed by atoms with Crippen LogP contribution in [0.15, 0.2) is 60.0 Å². The van der Waals surface area contributed by atoms with Crippen molar-refractivity contribution in [2.45, 2.75) is 13.1 Å². The van der Waals surface area contributed by atoms with Crippen LogP contribution in [0.2, 0.25) is 0 Å². The van der Waals surface area contributed by atoms with Gasteiger partial charge in [-0.15, -0.1) is 11.3 Å². The van der Waals surface area contributed by atoms with Crippen LogP contribution in [0.25, 0.3) is 10.1 Å². The van der Waals surface area contributed by atoms with Gasteiger partial charge in [-0.25, -0.2) is 0 Å². The Labute approximate surface area is 111 Å². The first-order chi connectivity index (χ1) is 8.93. The summed E-state index contributed by atoms with van der Waals surface area (Å²) in [7, 11) is 0. The lowest BCUT2D eigenvalue weighted by molar-refractivity contribution is 0.698. The second kappa shape index (κ2) is 5.34. The van der Waals surface area contributed by atoms with Gasteiger partial charge in [0.05, 0.1) is 0 Å². The fourth-order valence-electron chi connectivity index (χ4n) is 2.11. The summed E-state index contributed by atoms with van der Waals surface area (Å²) in [6.07, 6.45) is 0. The lowest BCUT2D eigenvalue weighted by atomic mass is 10.1. The van der Waals surface area contributed by atoms with Crippen molar-refractivity contribution in [2.24, 2.45) is 0 Å². The van der Waals surface area contributed by atoms with Crippen LogP contribution in [0.3, 0.4) is 0 Å². The van der Waals surface area contributed by atoms with Gasteiger partial charge in [0.2, 0.25) is 0 Å². The van der Waals surface area contributed by atoms with E-state index in [0.29, 0.717) is 0 Å². The minimum absolute atomic E-state index is 0.922. The quantitative estimate of drug-likeness (QED) is 0.735. The summed E-state index contributed by atoms with van der Waals surface area (Å²) in [5.74, 6) is 0. The highest BCUT2D eigenvalue weighted by molar-refractivity contribution is 7.17.